The Bertz CT molecular complexity index is 27.2. The third kappa shape index (κ3) is 91.5. The minimum absolute atomic E-state index is 0. The molecule has 7 heteroatoms. The van der Waals surface area contributed by atoms with Crippen molar-refractivity contribution in [3.05, 3.63) is 0 Å². The summed E-state index contributed by atoms with van der Waals surface area (Å²) in [6.07, 6.45) is 0. The summed E-state index contributed by atoms with van der Waals surface area (Å²) in [5, 5.41) is 0. The summed E-state index contributed by atoms with van der Waals surface area (Å²) >= 11 is 0. The molecule has 0 aromatic heterocycles. The second-order valence-electron chi connectivity index (χ2n) is 0.600. The average molecular weight is 156 g/mol. The predicted octanol–water partition coefficient (Wildman–Crippen LogP) is -3.10. The normalized spacial score (nSPS) is 8.57. The molecule has 0 aromatic carbocycles. The number of halogens is 1. The Hall–Kier alpha value is 1.62. The quantitative estimate of drug-likeness (QED) is 0.280. The first-order valence-corrected chi connectivity index (χ1v) is 2.68. The van der Waals surface area contributed by atoms with Crippen molar-refractivity contribution in [2.75, 3.05) is 0 Å². The SMILES string of the molecule is F.O[Si](O)(O)O.[KH]. The topological polar surface area (TPSA) is 80.9 Å². The molecule has 0 radical (unpaired) electrons. The predicted molar refractivity (Wildman–Crippen MR) is 24.3 cm³/mol. The van der Waals surface area contributed by atoms with Crippen molar-refractivity contribution < 1.29 is 23.9 Å². The van der Waals surface area contributed by atoms with Crippen molar-refractivity contribution in [2.24, 2.45) is 0 Å². The molecule has 0 unspecified atom stereocenters. The Morgan fingerprint density at radius 2 is 0.857 bits per heavy atom. The van der Waals surface area contributed by atoms with Gasteiger partial charge in [0.1, 0.15) is 0 Å². The Balaban J connectivity index is -0.0000000800. The number of hydrogen-bond donors (Lipinski definition) is 4. The molecule has 4 N–H and O–H groups in total. The van der Waals surface area contributed by atoms with E-state index < -0.39 is 9.05 Å². The van der Waals surface area contributed by atoms with Crippen molar-refractivity contribution >= 4 is 60.4 Å². The standard InChI is InChI=1S/FH.K.H4O4Si.H/c;;1-5(2,3)4;/h1H;;1-4H;. The molecule has 0 aliphatic carbocycles. The van der Waals surface area contributed by atoms with Crippen molar-refractivity contribution in [1.29, 1.82) is 0 Å². The summed E-state index contributed by atoms with van der Waals surface area (Å²) in [5.74, 6) is 0. The van der Waals surface area contributed by atoms with Gasteiger partial charge in [-0.05, 0) is 0 Å². The molecule has 42 valence electrons. The van der Waals surface area contributed by atoms with Crippen molar-refractivity contribution in [2.45, 2.75) is 0 Å². The Kier molecular flexibility index (Phi) is 13.0. The molecule has 0 aliphatic heterocycles. The van der Waals surface area contributed by atoms with Crippen LogP contribution in [-0.4, -0.2) is 79.6 Å². The van der Waals surface area contributed by atoms with Gasteiger partial charge < -0.3 is 19.2 Å². The van der Waals surface area contributed by atoms with Gasteiger partial charge in [0, 0.05) is 0 Å². The fourth-order valence-electron chi connectivity index (χ4n) is 0. The molecule has 0 saturated carbocycles. The van der Waals surface area contributed by atoms with Gasteiger partial charge in [0.05, 0.1) is 0 Å². The van der Waals surface area contributed by atoms with Gasteiger partial charge in [-0.1, -0.05) is 0 Å². The third-order valence-electron chi connectivity index (χ3n) is 0. The molecule has 0 fully saturated rings. The minimum atomic E-state index is -4.61. The zero-order valence-electron chi connectivity index (χ0n) is 2.70. The summed E-state index contributed by atoms with van der Waals surface area (Å²) in [7, 11) is -4.61. The van der Waals surface area contributed by atoms with Gasteiger partial charge in [-0.2, -0.15) is 0 Å². The van der Waals surface area contributed by atoms with E-state index >= 15 is 0 Å². The van der Waals surface area contributed by atoms with E-state index in [0.29, 0.717) is 0 Å². The maximum atomic E-state index is 7.33. The van der Waals surface area contributed by atoms with Gasteiger partial charge in [-0.15, -0.1) is 0 Å². The molecule has 4 nitrogen and oxygen atoms in total. The van der Waals surface area contributed by atoms with Gasteiger partial charge in [0.15, 0.2) is 0 Å². The van der Waals surface area contributed by atoms with E-state index in [1.54, 1.807) is 0 Å². The molecule has 0 aromatic rings. The molecule has 0 heterocycles. The summed E-state index contributed by atoms with van der Waals surface area (Å²) in [6.45, 7) is 0. The van der Waals surface area contributed by atoms with Gasteiger partial charge in [0.2, 0.25) is 0 Å². The van der Waals surface area contributed by atoms with E-state index in [4.69, 9.17) is 19.2 Å². The van der Waals surface area contributed by atoms with Crippen LogP contribution in [0.1, 0.15) is 0 Å². The molecule has 0 spiro atoms. The third-order valence-corrected chi connectivity index (χ3v) is 0. The molecule has 0 rings (SSSR count). The van der Waals surface area contributed by atoms with Crippen molar-refractivity contribution in [3.8, 4) is 0 Å². The first-order valence-electron chi connectivity index (χ1n) is 0.894. The monoisotopic (exact) mass is 156 g/mol. The van der Waals surface area contributed by atoms with Crippen LogP contribution in [0.4, 0.5) is 4.70 Å². The van der Waals surface area contributed by atoms with Crippen LogP contribution in [0.5, 0.6) is 0 Å². The van der Waals surface area contributed by atoms with E-state index in [1.807, 2.05) is 0 Å². The zero-order chi connectivity index (χ0) is 4.50. The van der Waals surface area contributed by atoms with Crippen LogP contribution in [0, 0.1) is 0 Å². The van der Waals surface area contributed by atoms with Crippen LogP contribution in [0.2, 0.25) is 0 Å². The van der Waals surface area contributed by atoms with Gasteiger partial charge in [-0.25, -0.2) is 0 Å². The van der Waals surface area contributed by atoms with Crippen molar-refractivity contribution in [3.63, 3.8) is 0 Å². The second-order valence-corrected chi connectivity index (χ2v) is 1.80. The second kappa shape index (κ2) is 5.75. The fourth-order valence-corrected chi connectivity index (χ4v) is 0. The molecule has 0 amide bonds. The molecule has 7 heavy (non-hydrogen) atoms. The van der Waals surface area contributed by atoms with Gasteiger partial charge >= 0.3 is 60.4 Å². The Morgan fingerprint density at radius 1 is 0.857 bits per heavy atom. The van der Waals surface area contributed by atoms with E-state index in [-0.39, 0.29) is 56.1 Å². The Morgan fingerprint density at radius 3 is 0.857 bits per heavy atom. The van der Waals surface area contributed by atoms with Crippen LogP contribution in [0.15, 0.2) is 0 Å². The van der Waals surface area contributed by atoms with Crippen LogP contribution < -0.4 is 0 Å². The molecule has 0 saturated heterocycles. The molecular formula is H6FKO4Si. The molecular weight excluding hydrogens is 150 g/mol. The van der Waals surface area contributed by atoms with Gasteiger partial charge in [-0.3, -0.25) is 4.70 Å². The number of hydrogen-bond acceptors (Lipinski definition) is 4. The first-order chi connectivity index (χ1) is 2.00. The van der Waals surface area contributed by atoms with E-state index in [1.165, 1.54) is 0 Å². The van der Waals surface area contributed by atoms with E-state index in [9.17, 15) is 0 Å². The van der Waals surface area contributed by atoms with E-state index in [2.05, 4.69) is 0 Å². The first kappa shape index (κ1) is 15.8. The summed E-state index contributed by atoms with van der Waals surface area (Å²) in [5.41, 5.74) is 0. The molecule has 0 bridgehead atoms. The maximum absolute atomic E-state index is 7.33. The van der Waals surface area contributed by atoms with Crippen LogP contribution >= 0.6 is 0 Å². The van der Waals surface area contributed by atoms with Crippen LogP contribution in [0.3, 0.4) is 0 Å². The summed E-state index contributed by atoms with van der Waals surface area (Å²) in [4.78, 5) is 29.3. The van der Waals surface area contributed by atoms with Crippen LogP contribution in [0.25, 0.3) is 0 Å². The molecule has 0 aliphatic rings. The van der Waals surface area contributed by atoms with E-state index in [0.717, 1.165) is 0 Å². The molecule has 0 atom stereocenters. The van der Waals surface area contributed by atoms with Crippen molar-refractivity contribution in [1.82, 2.24) is 0 Å². The van der Waals surface area contributed by atoms with Gasteiger partial charge in [0.25, 0.3) is 0 Å². The Labute approximate surface area is 83.1 Å². The summed E-state index contributed by atoms with van der Waals surface area (Å²) < 4.78 is 0. The van der Waals surface area contributed by atoms with Crippen LogP contribution in [-0.2, 0) is 0 Å². The zero-order valence-corrected chi connectivity index (χ0v) is 3.70. The fraction of sp³-hybridized carbons (Fsp3) is 0. The summed E-state index contributed by atoms with van der Waals surface area (Å²) in [6, 6.07) is 0. The number of rotatable bonds is 0. The average Bonchev–Trinajstić information content (AvgIpc) is 0.722.